The van der Waals surface area contributed by atoms with Crippen LogP contribution in [0.15, 0.2) is 34.3 Å². The summed E-state index contributed by atoms with van der Waals surface area (Å²) in [7, 11) is 1.39. The third-order valence-corrected chi connectivity index (χ3v) is 4.91. The number of aryl methyl sites for hydroxylation is 1. The van der Waals surface area contributed by atoms with Gasteiger partial charge in [-0.3, -0.25) is 14.6 Å². The van der Waals surface area contributed by atoms with Gasteiger partial charge in [-0.05, 0) is 31.0 Å². The van der Waals surface area contributed by atoms with Crippen molar-refractivity contribution in [3.63, 3.8) is 0 Å². The van der Waals surface area contributed by atoms with Gasteiger partial charge in [0.25, 0.3) is 11.8 Å². The molecule has 0 fully saturated rings. The minimum atomic E-state index is -4.80. The number of rotatable bonds is 3. The first-order chi connectivity index (χ1) is 14.5. The Balaban J connectivity index is 2.09. The van der Waals surface area contributed by atoms with E-state index in [4.69, 9.17) is 23.2 Å². The van der Waals surface area contributed by atoms with Crippen LogP contribution in [-0.4, -0.2) is 41.0 Å². The summed E-state index contributed by atoms with van der Waals surface area (Å²) in [4.78, 5) is 29.3. The first-order valence-corrected chi connectivity index (χ1v) is 9.70. The standard InChI is InChI=1S/C19H16Cl2F3N5O2/c1-9-6-10(20)7-11(17(30)25-2)15(9)27-18(31)13-8-14(19(22,23)24)28-29(13)16-12(21)4-3-5-26-16/h4,6-8H,3,5H2,1-2H3,(H,25,30)(H,27,31). The van der Waals surface area contributed by atoms with Crippen LogP contribution in [-0.2, 0) is 6.18 Å². The van der Waals surface area contributed by atoms with E-state index in [-0.39, 0.29) is 33.7 Å². The van der Waals surface area contributed by atoms with E-state index in [1.807, 2.05) is 0 Å². The van der Waals surface area contributed by atoms with Crippen molar-refractivity contribution in [3.05, 3.63) is 56.8 Å². The molecule has 0 saturated heterocycles. The predicted octanol–water partition coefficient (Wildman–Crippen LogP) is 4.25. The Morgan fingerprint density at radius 3 is 2.48 bits per heavy atom. The molecule has 0 bridgehead atoms. The number of benzene rings is 1. The first kappa shape index (κ1) is 22.8. The lowest BCUT2D eigenvalue weighted by Crippen LogP contribution is -2.26. The topological polar surface area (TPSA) is 88.4 Å². The number of nitrogens with one attached hydrogen (secondary N) is 2. The molecule has 0 unspecified atom stereocenters. The third-order valence-electron chi connectivity index (χ3n) is 4.37. The van der Waals surface area contributed by atoms with Gasteiger partial charge in [-0.15, -0.1) is 0 Å². The highest BCUT2D eigenvalue weighted by Crippen LogP contribution is 2.31. The molecule has 164 valence electrons. The normalized spacial score (nSPS) is 14.0. The maximum absolute atomic E-state index is 13.3. The summed E-state index contributed by atoms with van der Waals surface area (Å²) in [5.41, 5.74) is -1.14. The minimum absolute atomic E-state index is 0.0518. The molecule has 12 heteroatoms. The maximum atomic E-state index is 13.3. The van der Waals surface area contributed by atoms with Gasteiger partial charge < -0.3 is 10.6 Å². The molecule has 0 radical (unpaired) electrons. The van der Waals surface area contributed by atoms with Gasteiger partial charge in [0.1, 0.15) is 5.69 Å². The summed E-state index contributed by atoms with van der Waals surface area (Å²) in [5, 5.41) is 8.75. The fraction of sp³-hybridized carbons (Fsp3) is 0.263. The Morgan fingerprint density at radius 2 is 1.87 bits per heavy atom. The van der Waals surface area contributed by atoms with E-state index in [2.05, 4.69) is 20.7 Å². The number of amides is 2. The molecule has 2 aromatic rings. The fourth-order valence-electron chi connectivity index (χ4n) is 2.94. The maximum Gasteiger partial charge on any atom is 0.435 e. The van der Waals surface area contributed by atoms with E-state index in [0.717, 1.165) is 4.68 Å². The lowest BCUT2D eigenvalue weighted by Gasteiger charge is -2.16. The molecular formula is C19H16Cl2F3N5O2. The quantitative estimate of drug-likeness (QED) is 0.698. The Labute approximate surface area is 184 Å². The fourth-order valence-corrected chi connectivity index (χ4v) is 3.46. The van der Waals surface area contributed by atoms with Crippen LogP contribution in [0.1, 0.15) is 38.5 Å². The molecule has 1 aromatic heterocycles. The number of anilines is 1. The number of alkyl halides is 3. The summed E-state index contributed by atoms with van der Waals surface area (Å²) in [6, 6.07) is 3.45. The summed E-state index contributed by atoms with van der Waals surface area (Å²) in [5.74, 6) is -1.54. The molecule has 0 aliphatic carbocycles. The molecule has 31 heavy (non-hydrogen) atoms. The number of aliphatic imine (C=N–C) groups is 1. The predicted molar refractivity (Wildman–Crippen MR) is 111 cm³/mol. The Kier molecular flexibility index (Phi) is 6.42. The Hall–Kier alpha value is -2.85. The number of hydrogen-bond donors (Lipinski definition) is 2. The van der Waals surface area contributed by atoms with Gasteiger partial charge >= 0.3 is 6.18 Å². The smallest absolute Gasteiger partial charge is 0.355 e. The van der Waals surface area contributed by atoms with Crippen LogP contribution in [0.3, 0.4) is 0 Å². The second-order valence-corrected chi connectivity index (χ2v) is 7.39. The van der Waals surface area contributed by atoms with Crippen molar-refractivity contribution in [3.8, 4) is 0 Å². The number of dihydropyridines is 1. The zero-order valence-corrected chi connectivity index (χ0v) is 17.8. The molecule has 1 aliphatic heterocycles. The van der Waals surface area contributed by atoms with Crippen LogP contribution in [0, 0.1) is 6.92 Å². The summed E-state index contributed by atoms with van der Waals surface area (Å²) >= 11 is 12.1. The molecule has 3 rings (SSSR count). The van der Waals surface area contributed by atoms with Crippen molar-refractivity contribution >= 4 is 46.5 Å². The van der Waals surface area contributed by atoms with Crippen molar-refractivity contribution < 1.29 is 22.8 Å². The van der Waals surface area contributed by atoms with Crippen molar-refractivity contribution in [2.24, 2.45) is 4.99 Å². The largest absolute Gasteiger partial charge is 0.435 e. The molecule has 0 spiro atoms. The van der Waals surface area contributed by atoms with E-state index in [9.17, 15) is 22.8 Å². The van der Waals surface area contributed by atoms with Crippen LogP contribution >= 0.6 is 23.2 Å². The number of nitrogens with zero attached hydrogens (tertiary/aromatic N) is 3. The van der Waals surface area contributed by atoms with E-state index < -0.39 is 29.4 Å². The van der Waals surface area contributed by atoms with Gasteiger partial charge in [0, 0.05) is 24.7 Å². The van der Waals surface area contributed by atoms with Crippen LogP contribution in [0.5, 0.6) is 0 Å². The molecular weight excluding hydrogens is 458 g/mol. The van der Waals surface area contributed by atoms with Crippen LogP contribution < -0.4 is 10.6 Å². The Morgan fingerprint density at radius 1 is 1.16 bits per heavy atom. The van der Waals surface area contributed by atoms with Crippen LogP contribution in [0.4, 0.5) is 18.9 Å². The van der Waals surface area contributed by atoms with Gasteiger partial charge in [0.15, 0.2) is 11.5 Å². The van der Waals surface area contributed by atoms with E-state index >= 15 is 0 Å². The van der Waals surface area contributed by atoms with Crippen molar-refractivity contribution in [2.75, 3.05) is 18.9 Å². The monoisotopic (exact) mass is 473 g/mol. The second kappa shape index (κ2) is 8.72. The number of aromatic nitrogens is 2. The van der Waals surface area contributed by atoms with Crippen molar-refractivity contribution in [1.29, 1.82) is 0 Å². The number of hydrogen-bond acceptors (Lipinski definition) is 4. The molecule has 1 aromatic carbocycles. The van der Waals surface area contributed by atoms with Crippen LogP contribution in [0.2, 0.25) is 5.02 Å². The summed E-state index contributed by atoms with van der Waals surface area (Å²) in [6.45, 7) is 1.88. The van der Waals surface area contributed by atoms with Crippen LogP contribution in [0.25, 0.3) is 0 Å². The lowest BCUT2D eigenvalue weighted by molar-refractivity contribution is -0.141. The average molecular weight is 474 g/mol. The molecule has 7 nitrogen and oxygen atoms in total. The van der Waals surface area contributed by atoms with Crippen molar-refractivity contribution in [1.82, 2.24) is 15.1 Å². The zero-order valence-electron chi connectivity index (χ0n) is 16.3. The molecule has 1 aliphatic rings. The Bertz CT molecular complexity index is 1120. The average Bonchev–Trinajstić information content (AvgIpc) is 3.15. The third kappa shape index (κ3) is 4.75. The number of carbonyl (C=O) groups excluding carboxylic acids is 2. The van der Waals surface area contributed by atoms with Crippen molar-refractivity contribution in [2.45, 2.75) is 19.5 Å². The summed E-state index contributed by atoms with van der Waals surface area (Å²) in [6.07, 6.45) is -2.71. The van der Waals surface area contributed by atoms with Gasteiger partial charge in [-0.25, -0.2) is 4.68 Å². The van der Waals surface area contributed by atoms with E-state index in [0.29, 0.717) is 18.1 Å². The van der Waals surface area contributed by atoms with Gasteiger partial charge in [0.2, 0.25) is 0 Å². The number of halogens is 5. The number of carbonyl (C=O) groups is 2. The summed E-state index contributed by atoms with van der Waals surface area (Å²) < 4.78 is 40.6. The van der Waals surface area contributed by atoms with Gasteiger partial charge in [0.05, 0.1) is 16.3 Å². The first-order valence-electron chi connectivity index (χ1n) is 8.94. The second-order valence-electron chi connectivity index (χ2n) is 6.55. The van der Waals surface area contributed by atoms with Gasteiger partial charge in [-0.1, -0.05) is 29.3 Å². The molecule has 2 N–H and O–H groups in total. The molecule has 2 amide bonds. The molecule has 2 heterocycles. The molecule has 0 saturated carbocycles. The van der Waals surface area contributed by atoms with E-state index in [1.54, 1.807) is 13.0 Å². The highest BCUT2D eigenvalue weighted by molar-refractivity contribution is 6.43. The molecule has 0 atom stereocenters. The zero-order chi connectivity index (χ0) is 22.9. The number of allylic oxidation sites excluding steroid dienone is 1. The minimum Gasteiger partial charge on any atom is -0.355 e. The van der Waals surface area contributed by atoms with E-state index in [1.165, 1.54) is 19.2 Å². The SMILES string of the molecule is CNC(=O)c1cc(Cl)cc(C)c1NC(=O)c1cc(C(F)(F)F)nn1C1=NCCC=C1Cl. The lowest BCUT2D eigenvalue weighted by atomic mass is 10.1. The highest BCUT2D eigenvalue weighted by Gasteiger charge is 2.37. The highest BCUT2D eigenvalue weighted by atomic mass is 35.5. The van der Waals surface area contributed by atoms with Gasteiger partial charge in [-0.2, -0.15) is 18.3 Å².